The predicted molar refractivity (Wildman–Crippen MR) is 148 cm³/mol. The number of carbonyl (C=O) groups is 2. The van der Waals surface area contributed by atoms with Crippen molar-refractivity contribution in [2.75, 3.05) is 19.8 Å². The van der Waals surface area contributed by atoms with E-state index in [4.69, 9.17) is 14.2 Å². The number of nitro benzene ring substituents is 1. The largest absolute Gasteiger partial charge is 0.494 e. The summed E-state index contributed by atoms with van der Waals surface area (Å²) in [6, 6.07) is 13.2. The van der Waals surface area contributed by atoms with Gasteiger partial charge in [0.1, 0.15) is 5.75 Å². The van der Waals surface area contributed by atoms with Crippen LogP contribution in [0.3, 0.4) is 0 Å². The summed E-state index contributed by atoms with van der Waals surface area (Å²) >= 11 is 0. The van der Waals surface area contributed by atoms with E-state index in [-0.39, 0.29) is 18.9 Å². The molecule has 0 radical (unpaired) electrons. The quantitative estimate of drug-likeness (QED) is 0.0446. The molecule has 10 heteroatoms. The molecule has 0 saturated carbocycles. The van der Waals surface area contributed by atoms with Crippen molar-refractivity contribution in [2.24, 2.45) is 16.1 Å². The molecule has 0 atom stereocenters. The van der Waals surface area contributed by atoms with Crippen molar-refractivity contribution in [3.8, 4) is 5.75 Å². The number of hydrogen-bond donors (Lipinski definition) is 0. The lowest BCUT2D eigenvalue weighted by atomic mass is 10.00. The van der Waals surface area contributed by atoms with Gasteiger partial charge in [-0.05, 0) is 63.1 Å². The first-order valence-electron chi connectivity index (χ1n) is 13.7. The van der Waals surface area contributed by atoms with Crippen LogP contribution in [-0.2, 0) is 19.1 Å². The molecule has 2 rings (SSSR count). The Bertz CT molecular complexity index is 1020. The molecule has 10 nitrogen and oxygen atoms in total. The lowest BCUT2D eigenvalue weighted by Gasteiger charge is -2.14. The predicted octanol–water partition coefficient (Wildman–Crippen LogP) is 7.64. The van der Waals surface area contributed by atoms with E-state index in [9.17, 15) is 19.7 Å². The zero-order valence-electron chi connectivity index (χ0n) is 22.9. The third kappa shape index (κ3) is 12.5. The lowest BCUT2D eigenvalue weighted by molar-refractivity contribution is -0.384. The number of nitrogens with zero attached hydrogens (tertiary/aromatic N) is 3. The second-order valence-electron chi connectivity index (χ2n) is 8.99. The molecular formula is C29H39N3O7. The van der Waals surface area contributed by atoms with Crippen molar-refractivity contribution in [1.29, 1.82) is 0 Å². The van der Waals surface area contributed by atoms with Gasteiger partial charge in [0.15, 0.2) is 5.92 Å². The number of esters is 2. The number of unbranched alkanes of at least 4 members (excludes halogenated alkanes) is 7. The number of benzene rings is 2. The first kappa shape index (κ1) is 31.4. The smallest absolute Gasteiger partial charge is 0.320 e. The molecule has 0 aromatic heterocycles. The number of nitro groups is 1. The summed E-state index contributed by atoms with van der Waals surface area (Å²) < 4.78 is 15.8. The fourth-order valence-electron chi connectivity index (χ4n) is 3.88. The zero-order valence-corrected chi connectivity index (χ0v) is 22.9. The lowest BCUT2D eigenvalue weighted by Crippen LogP contribution is -2.28. The summed E-state index contributed by atoms with van der Waals surface area (Å²) in [6.45, 7) is 4.62. The molecule has 2 aromatic rings. The van der Waals surface area contributed by atoms with Gasteiger partial charge in [-0.1, -0.05) is 44.9 Å². The van der Waals surface area contributed by atoms with Crippen molar-refractivity contribution < 1.29 is 28.7 Å². The molecule has 0 unspecified atom stereocenters. The molecule has 0 amide bonds. The molecule has 0 aliphatic rings. The highest BCUT2D eigenvalue weighted by atomic mass is 16.6. The van der Waals surface area contributed by atoms with E-state index in [0.717, 1.165) is 57.1 Å². The van der Waals surface area contributed by atoms with E-state index >= 15 is 0 Å². The highest BCUT2D eigenvalue weighted by Gasteiger charge is 2.28. The van der Waals surface area contributed by atoms with Crippen molar-refractivity contribution in [3.63, 3.8) is 0 Å². The molecule has 212 valence electrons. The summed E-state index contributed by atoms with van der Waals surface area (Å²) in [5.74, 6) is -1.01. The fourth-order valence-corrected chi connectivity index (χ4v) is 3.88. The third-order valence-electron chi connectivity index (χ3n) is 5.98. The molecule has 0 aliphatic heterocycles. The van der Waals surface area contributed by atoms with Crippen molar-refractivity contribution in [1.82, 2.24) is 0 Å². The second-order valence-corrected chi connectivity index (χ2v) is 8.99. The number of non-ortho nitro benzene ring substituents is 1. The van der Waals surface area contributed by atoms with Crippen LogP contribution in [-0.4, -0.2) is 36.7 Å². The van der Waals surface area contributed by atoms with E-state index < -0.39 is 22.8 Å². The Labute approximate surface area is 229 Å². The average molecular weight is 542 g/mol. The summed E-state index contributed by atoms with van der Waals surface area (Å²) in [5.41, 5.74) is 1.22. The summed E-state index contributed by atoms with van der Waals surface area (Å²) in [5, 5.41) is 18.9. The van der Waals surface area contributed by atoms with E-state index in [1.165, 1.54) is 12.1 Å². The standard InChI is InChI=1S/C29H39N3O7/c1-3-37-28(33)27(29(34)38-4-2)13-11-9-7-5-6-8-10-12-22-39-26-20-16-24(17-21-26)31-30-23-14-18-25(19-15-23)32(35)36/h14-21,27H,3-13,22H2,1-2H3. The van der Waals surface area contributed by atoms with E-state index in [1.54, 1.807) is 26.0 Å². The Morgan fingerprint density at radius 2 is 1.21 bits per heavy atom. The first-order chi connectivity index (χ1) is 18.9. The van der Waals surface area contributed by atoms with Crippen LogP contribution in [0.25, 0.3) is 0 Å². The first-order valence-corrected chi connectivity index (χ1v) is 13.7. The Balaban J connectivity index is 1.53. The van der Waals surface area contributed by atoms with Gasteiger partial charge in [0.25, 0.3) is 5.69 Å². The van der Waals surface area contributed by atoms with E-state index in [0.29, 0.717) is 24.4 Å². The van der Waals surface area contributed by atoms with Crippen molar-refractivity contribution in [2.45, 2.75) is 71.6 Å². The van der Waals surface area contributed by atoms with Gasteiger partial charge in [-0.2, -0.15) is 10.2 Å². The summed E-state index contributed by atoms with van der Waals surface area (Å²) in [7, 11) is 0. The Hall–Kier alpha value is -3.82. The number of rotatable bonds is 19. The van der Waals surface area contributed by atoms with Gasteiger partial charge in [-0.15, -0.1) is 0 Å². The van der Waals surface area contributed by atoms with E-state index in [2.05, 4.69) is 10.2 Å². The van der Waals surface area contributed by atoms with Gasteiger partial charge in [-0.3, -0.25) is 19.7 Å². The minimum Gasteiger partial charge on any atom is -0.494 e. The van der Waals surface area contributed by atoms with Crippen LogP contribution in [0.5, 0.6) is 5.75 Å². The molecule has 0 fully saturated rings. The second kappa shape index (κ2) is 18.4. The molecule has 0 N–H and O–H groups in total. The Morgan fingerprint density at radius 3 is 1.69 bits per heavy atom. The minimum absolute atomic E-state index is 0.0153. The van der Waals surface area contributed by atoms with Gasteiger partial charge >= 0.3 is 11.9 Å². The van der Waals surface area contributed by atoms with E-state index in [1.807, 2.05) is 24.3 Å². The maximum Gasteiger partial charge on any atom is 0.320 e. The average Bonchev–Trinajstić information content (AvgIpc) is 2.93. The maximum absolute atomic E-state index is 12.0. The summed E-state index contributed by atoms with van der Waals surface area (Å²) in [6.07, 6.45) is 8.79. The van der Waals surface area contributed by atoms with Crippen LogP contribution in [0.2, 0.25) is 0 Å². The number of hydrogen-bond acceptors (Lipinski definition) is 9. The molecule has 0 spiro atoms. The minimum atomic E-state index is -0.812. The molecule has 2 aromatic carbocycles. The highest BCUT2D eigenvalue weighted by Crippen LogP contribution is 2.23. The molecule has 0 aliphatic carbocycles. The molecule has 39 heavy (non-hydrogen) atoms. The molecule has 0 bridgehead atoms. The van der Waals surface area contributed by atoms with Gasteiger partial charge in [-0.25, -0.2) is 0 Å². The van der Waals surface area contributed by atoms with Gasteiger partial charge in [0.2, 0.25) is 0 Å². The van der Waals surface area contributed by atoms with Crippen molar-refractivity contribution >= 4 is 29.0 Å². The number of azo groups is 1. The normalized spacial score (nSPS) is 11.1. The molecule has 0 heterocycles. The van der Waals surface area contributed by atoms with Gasteiger partial charge in [0, 0.05) is 12.1 Å². The van der Waals surface area contributed by atoms with Crippen molar-refractivity contribution in [3.05, 3.63) is 58.6 Å². The zero-order chi connectivity index (χ0) is 28.3. The summed E-state index contributed by atoms with van der Waals surface area (Å²) in [4.78, 5) is 34.2. The van der Waals surface area contributed by atoms with Gasteiger partial charge < -0.3 is 14.2 Å². The maximum atomic E-state index is 12.0. The van der Waals surface area contributed by atoms with Crippen LogP contribution in [0.15, 0.2) is 58.8 Å². The van der Waals surface area contributed by atoms with Crippen LogP contribution < -0.4 is 4.74 Å². The highest BCUT2D eigenvalue weighted by molar-refractivity contribution is 5.94. The number of ether oxygens (including phenoxy) is 3. The fraction of sp³-hybridized carbons (Fsp3) is 0.517. The number of carbonyl (C=O) groups excluding carboxylic acids is 2. The SMILES string of the molecule is CCOC(=O)C(CCCCCCCCCCOc1ccc(N=Nc2ccc([N+](=O)[O-])cc2)cc1)C(=O)OCC. The Kier molecular flexibility index (Phi) is 14.8. The topological polar surface area (TPSA) is 130 Å². The Morgan fingerprint density at radius 1 is 0.744 bits per heavy atom. The van der Waals surface area contributed by atoms with Crippen LogP contribution in [0, 0.1) is 16.0 Å². The molecule has 0 saturated heterocycles. The van der Waals surface area contributed by atoms with Crippen LogP contribution in [0.1, 0.15) is 71.6 Å². The monoisotopic (exact) mass is 541 g/mol. The van der Waals surface area contributed by atoms with Crippen LogP contribution >= 0.6 is 0 Å². The van der Waals surface area contributed by atoms with Gasteiger partial charge in [0.05, 0.1) is 36.1 Å². The third-order valence-corrected chi connectivity index (χ3v) is 5.98. The van der Waals surface area contributed by atoms with Crippen LogP contribution in [0.4, 0.5) is 17.1 Å². The molecular weight excluding hydrogens is 502 g/mol.